The predicted octanol–water partition coefficient (Wildman–Crippen LogP) is 4.13. The quantitative estimate of drug-likeness (QED) is 0.783. The van der Waals surface area contributed by atoms with Crippen LogP contribution in [0.5, 0.6) is 0 Å². The summed E-state index contributed by atoms with van der Waals surface area (Å²) in [6.45, 7) is 4.93. The van der Waals surface area contributed by atoms with Gasteiger partial charge in [-0.05, 0) is 38.3 Å². The zero-order chi connectivity index (χ0) is 20.1. The summed E-state index contributed by atoms with van der Waals surface area (Å²) in [4.78, 5) is 26.5. The summed E-state index contributed by atoms with van der Waals surface area (Å²) in [5.74, 6) is -0.418. The third kappa shape index (κ3) is 4.64. The molecule has 1 aromatic carbocycles. The first-order chi connectivity index (χ1) is 13.5. The molecule has 150 valence electrons. The summed E-state index contributed by atoms with van der Waals surface area (Å²) < 4.78 is 2.35. The molecule has 0 saturated heterocycles. The molecule has 0 bridgehead atoms. The SMILES string of the molecule is Cc1cc(C(=O)N(CCC(N)=O)Cc2ccccc2)c(C)n1C1CCCCC1. The van der Waals surface area contributed by atoms with E-state index in [2.05, 4.69) is 11.5 Å². The summed E-state index contributed by atoms with van der Waals surface area (Å²) in [6, 6.07) is 12.4. The van der Waals surface area contributed by atoms with Gasteiger partial charge in [-0.15, -0.1) is 0 Å². The first kappa shape index (κ1) is 20.2. The normalized spacial score (nSPS) is 14.8. The van der Waals surface area contributed by atoms with Gasteiger partial charge in [-0.2, -0.15) is 0 Å². The van der Waals surface area contributed by atoms with Crippen molar-refractivity contribution >= 4 is 11.8 Å². The molecule has 1 aliphatic carbocycles. The van der Waals surface area contributed by atoms with Crippen LogP contribution in [-0.2, 0) is 11.3 Å². The maximum Gasteiger partial charge on any atom is 0.255 e. The van der Waals surface area contributed by atoms with Crippen molar-refractivity contribution < 1.29 is 9.59 Å². The van der Waals surface area contributed by atoms with E-state index in [1.807, 2.05) is 43.3 Å². The van der Waals surface area contributed by atoms with E-state index in [1.54, 1.807) is 4.90 Å². The Morgan fingerprint density at radius 2 is 1.79 bits per heavy atom. The number of rotatable bonds is 7. The van der Waals surface area contributed by atoms with E-state index in [-0.39, 0.29) is 12.3 Å². The number of aromatic nitrogens is 1. The first-order valence-corrected chi connectivity index (χ1v) is 10.3. The first-order valence-electron chi connectivity index (χ1n) is 10.3. The Hall–Kier alpha value is -2.56. The zero-order valence-electron chi connectivity index (χ0n) is 17.0. The van der Waals surface area contributed by atoms with E-state index < -0.39 is 5.91 Å². The lowest BCUT2D eigenvalue weighted by Gasteiger charge is -2.27. The number of primary amides is 1. The number of benzene rings is 1. The number of nitrogens with two attached hydrogens (primary N) is 1. The molecular formula is C23H31N3O2. The lowest BCUT2D eigenvalue weighted by Crippen LogP contribution is -2.34. The van der Waals surface area contributed by atoms with Crippen LogP contribution in [0.4, 0.5) is 0 Å². The van der Waals surface area contributed by atoms with Gasteiger partial charge in [0, 0.05) is 36.9 Å². The molecule has 28 heavy (non-hydrogen) atoms. The van der Waals surface area contributed by atoms with Crippen LogP contribution in [0.2, 0.25) is 0 Å². The fourth-order valence-electron chi connectivity index (χ4n) is 4.37. The molecule has 3 rings (SSSR count). The van der Waals surface area contributed by atoms with Crippen LogP contribution in [0, 0.1) is 13.8 Å². The van der Waals surface area contributed by atoms with Crippen molar-refractivity contribution in [2.45, 2.75) is 65.0 Å². The fraction of sp³-hybridized carbons (Fsp3) is 0.478. The fourth-order valence-corrected chi connectivity index (χ4v) is 4.37. The highest BCUT2D eigenvalue weighted by Crippen LogP contribution is 2.32. The lowest BCUT2D eigenvalue weighted by atomic mass is 9.95. The summed E-state index contributed by atoms with van der Waals surface area (Å²) in [5.41, 5.74) is 9.30. The summed E-state index contributed by atoms with van der Waals surface area (Å²) in [6.07, 6.45) is 6.34. The Labute approximate surface area is 167 Å². The Balaban J connectivity index is 1.86. The highest BCUT2D eigenvalue weighted by atomic mass is 16.2. The Bertz CT molecular complexity index is 820. The molecule has 0 unspecified atom stereocenters. The molecule has 1 aromatic heterocycles. The lowest BCUT2D eigenvalue weighted by molar-refractivity contribution is -0.118. The largest absolute Gasteiger partial charge is 0.370 e. The van der Waals surface area contributed by atoms with Gasteiger partial charge in [0.15, 0.2) is 0 Å². The van der Waals surface area contributed by atoms with Gasteiger partial charge < -0.3 is 15.2 Å². The topological polar surface area (TPSA) is 68.3 Å². The summed E-state index contributed by atoms with van der Waals surface area (Å²) in [7, 11) is 0. The van der Waals surface area contributed by atoms with E-state index in [0.29, 0.717) is 19.1 Å². The van der Waals surface area contributed by atoms with Crippen LogP contribution in [0.15, 0.2) is 36.4 Å². The van der Waals surface area contributed by atoms with Gasteiger partial charge >= 0.3 is 0 Å². The van der Waals surface area contributed by atoms with Crippen molar-refractivity contribution in [3.05, 3.63) is 58.9 Å². The van der Waals surface area contributed by atoms with Crippen molar-refractivity contribution in [1.82, 2.24) is 9.47 Å². The molecule has 1 saturated carbocycles. The van der Waals surface area contributed by atoms with Gasteiger partial charge in [0.2, 0.25) is 5.91 Å². The van der Waals surface area contributed by atoms with Gasteiger partial charge in [0.1, 0.15) is 0 Å². The van der Waals surface area contributed by atoms with Crippen LogP contribution in [0.3, 0.4) is 0 Å². The second kappa shape index (κ2) is 9.09. The third-order valence-electron chi connectivity index (χ3n) is 5.79. The van der Waals surface area contributed by atoms with E-state index in [9.17, 15) is 9.59 Å². The minimum absolute atomic E-state index is 0.0275. The van der Waals surface area contributed by atoms with Gasteiger partial charge in [0.25, 0.3) is 5.91 Å². The van der Waals surface area contributed by atoms with Gasteiger partial charge in [0.05, 0.1) is 5.56 Å². The standard InChI is InChI=1S/C23H31N3O2/c1-17-15-21(18(2)26(17)20-11-7-4-8-12-20)23(28)25(14-13-22(24)27)16-19-9-5-3-6-10-19/h3,5-6,9-10,15,20H,4,7-8,11-14,16H2,1-2H3,(H2,24,27). The monoisotopic (exact) mass is 381 g/mol. The van der Waals surface area contributed by atoms with Gasteiger partial charge in [-0.25, -0.2) is 0 Å². The second-order valence-electron chi connectivity index (χ2n) is 7.88. The van der Waals surface area contributed by atoms with Crippen LogP contribution in [-0.4, -0.2) is 27.8 Å². The van der Waals surface area contributed by atoms with Crippen molar-refractivity contribution in [2.24, 2.45) is 5.73 Å². The van der Waals surface area contributed by atoms with Crippen LogP contribution in [0.25, 0.3) is 0 Å². The minimum Gasteiger partial charge on any atom is -0.370 e. The molecule has 0 radical (unpaired) electrons. The van der Waals surface area contributed by atoms with Crippen LogP contribution >= 0.6 is 0 Å². The van der Waals surface area contributed by atoms with E-state index >= 15 is 0 Å². The predicted molar refractivity (Wildman–Crippen MR) is 111 cm³/mol. The number of hydrogen-bond donors (Lipinski definition) is 1. The molecule has 0 aliphatic heterocycles. The molecule has 0 spiro atoms. The molecule has 0 atom stereocenters. The molecular weight excluding hydrogens is 350 g/mol. The maximum atomic E-state index is 13.4. The molecule has 5 heteroatoms. The van der Waals surface area contributed by atoms with Crippen molar-refractivity contribution in [3.63, 3.8) is 0 Å². The molecule has 1 aliphatic rings. The van der Waals surface area contributed by atoms with E-state index in [4.69, 9.17) is 5.73 Å². The highest BCUT2D eigenvalue weighted by molar-refractivity contribution is 5.96. The third-order valence-corrected chi connectivity index (χ3v) is 5.79. The zero-order valence-corrected chi connectivity index (χ0v) is 17.0. The number of carbonyl (C=O) groups excluding carboxylic acids is 2. The highest BCUT2D eigenvalue weighted by Gasteiger charge is 2.25. The average Bonchev–Trinajstić information content (AvgIpc) is 3.00. The van der Waals surface area contributed by atoms with Gasteiger partial charge in [-0.1, -0.05) is 49.6 Å². The van der Waals surface area contributed by atoms with Gasteiger partial charge in [-0.3, -0.25) is 9.59 Å². The smallest absolute Gasteiger partial charge is 0.255 e. The summed E-state index contributed by atoms with van der Waals surface area (Å²) >= 11 is 0. The Morgan fingerprint density at radius 3 is 2.43 bits per heavy atom. The molecule has 1 heterocycles. The number of aryl methyl sites for hydroxylation is 1. The van der Waals surface area contributed by atoms with E-state index in [1.165, 1.54) is 32.1 Å². The minimum atomic E-state index is -0.390. The van der Waals surface area contributed by atoms with Crippen LogP contribution < -0.4 is 5.73 Å². The van der Waals surface area contributed by atoms with Crippen molar-refractivity contribution in [1.29, 1.82) is 0 Å². The molecule has 1 fully saturated rings. The maximum absolute atomic E-state index is 13.4. The molecule has 5 nitrogen and oxygen atoms in total. The second-order valence-corrected chi connectivity index (χ2v) is 7.88. The Kier molecular flexibility index (Phi) is 6.55. The number of nitrogens with zero attached hydrogens (tertiary/aromatic N) is 2. The molecule has 2 amide bonds. The number of hydrogen-bond acceptors (Lipinski definition) is 2. The molecule has 2 aromatic rings. The van der Waals surface area contributed by atoms with Crippen molar-refractivity contribution in [3.8, 4) is 0 Å². The average molecular weight is 382 g/mol. The number of carbonyl (C=O) groups is 2. The van der Waals surface area contributed by atoms with E-state index in [0.717, 1.165) is 22.5 Å². The van der Waals surface area contributed by atoms with Crippen LogP contribution in [0.1, 0.15) is 71.9 Å². The summed E-state index contributed by atoms with van der Waals surface area (Å²) in [5, 5.41) is 0. The number of amides is 2. The molecule has 2 N–H and O–H groups in total. The Morgan fingerprint density at radius 1 is 1.11 bits per heavy atom. The van der Waals surface area contributed by atoms with Crippen molar-refractivity contribution in [2.75, 3.05) is 6.54 Å².